The molecule has 0 aliphatic heterocycles. The molecule has 0 fully saturated rings. The van der Waals surface area contributed by atoms with Gasteiger partial charge < -0.3 is 10.1 Å². The maximum absolute atomic E-state index is 13.9. The van der Waals surface area contributed by atoms with E-state index in [2.05, 4.69) is 21.2 Å². The second-order valence-corrected chi connectivity index (χ2v) is 8.24. The lowest BCUT2D eigenvalue weighted by Crippen LogP contribution is -2.12. The summed E-state index contributed by atoms with van der Waals surface area (Å²) in [6.07, 6.45) is 2.46. The average Bonchev–Trinajstić information content (AvgIpc) is 3.12. The molecule has 154 valence electrons. The van der Waals surface area contributed by atoms with Crippen LogP contribution < -0.4 is 5.32 Å². The lowest BCUT2D eigenvalue weighted by atomic mass is 10.0. The van der Waals surface area contributed by atoms with Gasteiger partial charge in [-0.25, -0.2) is 9.18 Å². The van der Waals surface area contributed by atoms with Gasteiger partial charge >= 0.3 is 5.97 Å². The largest absolute Gasteiger partial charge is 0.462 e. The minimum Gasteiger partial charge on any atom is -0.462 e. The van der Waals surface area contributed by atoms with Crippen molar-refractivity contribution in [2.24, 2.45) is 0 Å². The van der Waals surface area contributed by atoms with E-state index in [1.54, 1.807) is 12.3 Å². The molecule has 0 radical (unpaired) electrons. The Morgan fingerprint density at radius 3 is 2.63 bits per heavy atom. The number of halogens is 3. The van der Waals surface area contributed by atoms with Crippen LogP contribution in [0.5, 0.6) is 0 Å². The van der Waals surface area contributed by atoms with Gasteiger partial charge in [-0.2, -0.15) is 0 Å². The number of thiophene rings is 1. The van der Waals surface area contributed by atoms with Crippen LogP contribution in [-0.2, 0) is 9.53 Å². The standard InChI is InChI=1S/C22H16BrClFNO3S/c1-2-29-22(28)20-16(13-6-8-14(23)9-7-13)12-30-21(20)26-19(27)11-10-15-17(24)4-3-5-18(15)25/h3-12H,2H2,1H3,(H,26,27)/b11-10+. The molecule has 0 atom stereocenters. The molecular formula is C22H16BrClFNO3S. The van der Waals surface area contributed by atoms with E-state index in [-0.39, 0.29) is 22.8 Å². The maximum Gasteiger partial charge on any atom is 0.341 e. The van der Waals surface area contributed by atoms with Crippen LogP contribution in [0.2, 0.25) is 5.02 Å². The number of rotatable bonds is 6. The SMILES string of the molecule is CCOC(=O)c1c(-c2ccc(Br)cc2)csc1NC(=O)/C=C/c1c(F)cccc1Cl. The summed E-state index contributed by atoms with van der Waals surface area (Å²) in [5.74, 6) is -1.59. The van der Waals surface area contributed by atoms with E-state index in [1.807, 2.05) is 24.3 Å². The molecule has 2 aromatic carbocycles. The molecule has 1 heterocycles. The highest BCUT2D eigenvalue weighted by molar-refractivity contribution is 9.10. The van der Waals surface area contributed by atoms with Crippen molar-refractivity contribution in [3.63, 3.8) is 0 Å². The lowest BCUT2D eigenvalue weighted by molar-refractivity contribution is -0.111. The normalized spacial score (nSPS) is 10.9. The van der Waals surface area contributed by atoms with Crippen molar-refractivity contribution in [3.05, 3.63) is 80.4 Å². The first-order valence-electron chi connectivity index (χ1n) is 8.88. The van der Waals surface area contributed by atoms with Gasteiger partial charge in [0.05, 0.1) is 11.6 Å². The van der Waals surface area contributed by atoms with Gasteiger partial charge in [0, 0.05) is 27.1 Å². The number of amides is 1. The van der Waals surface area contributed by atoms with Crippen LogP contribution >= 0.6 is 38.9 Å². The summed E-state index contributed by atoms with van der Waals surface area (Å²) in [6, 6.07) is 11.7. The first-order chi connectivity index (χ1) is 14.4. The molecule has 1 amide bonds. The summed E-state index contributed by atoms with van der Waals surface area (Å²) in [7, 11) is 0. The zero-order chi connectivity index (χ0) is 21.7. The van der Waals surface area contributed by atoms with E-state index < -0.39 is 17.7 Å². The molecule has 1 N–H and O–H groups in total. The highest BCUT2D eigenvalue weighted by atomic mass is 79.9. The van der Waals surface area contributed by atoms with E-state index in [9.17, 15) is 14.0 Å². The summed E-state index contributed by atoms with van der Waals surface area (Å²) in [5.41, 5.74) is 1.85. The number of carbonyl (C=O) groups is 2. The highest BCUT2D eigenvalue weighted by Gasteiger charge is 2.22. The Balaban J connectivity index is 1.90. The van der Waals surface area contributed by atoms with E-state index in [0.717, 1.165) is 16.1 Å². The summed E-state index contributed by atoms with van der Waals surface area (Å²) in [4.78, 5) is 25.0. The summed E-state index contributed by atoms with van der Waals surface area (Å²) in [5, 5.41) is 5.00. The number of esters is 1. The van der Waals surface area contributed by atoms with Gasteiger partial charge in [0.15, 0.2) is 0 Å². The minimum atomic E-state index is -0.535. The molecular weight excluding hydrogens is 493 g/mol. The molecule has 3 aromatic rings. The van der Waals surface area contributed by atoms with Crippen LogP contribution in [0.3, 0.4) is 0 Å². The Bertz CT molecular complexity index is 1090. The van der Waals surface area contributed by atoms with Crippen molar-refractivity contribution >= 4 is 61.8 Å². The van der Waals surface area contributed by atoms with Crippen LogP contribution in [0, 0.1) is 5.82 Å². The highest BCUT2D eigenvalue weighted by Crippen LogP contribution is 2.36. The van der Waals surface area contributed by atoms with Gasteiger partial charge in [0.25, 0.3) is 0 Å². The molecule has 0 saturated heterocycles. The number of ether oxygens (including phenoxy) is 1. The van der Waals surface area contributed by atoms with E-state index in [0.29, 0.717) is 10.6 Å². The Morgan fingerprint density at radius 2 is 1.97 bits per heavy atom. The Labute approximate surface area is 190 Å². The topological polar surface area (TPSA) is 55.4 Å². The molecule has 30 heavy (non-hydrogen) atoms. The smallest absolute Gasteiger partial charge is 0.341 e. The first kappa shape index (κ1) is 22.2. The monoisotopic (exact) mass is 507 g/mol. The first-order valence-corrected chi connectivity index (χ1v) is 10.9. The average molecular weight is 509 g/mol. The van der Waals surface area contributed by atoms with E-state index >= 15 is 0 Å². The van der Waals surface area contributed by atoms with Gasteiger partial charge in [-0.05, 0) is 42.8 Å². The van der Waals surface area contributed by atoms with Crippen LogP contribution in [0.25, 0.3) is 17.2 Å². The fraction of sp³-hybridized carbons (Fsp3) is 0.0909. The number of nitrogens with one attached hydrogen (secondary N) is 1. The van der Waals surface area contributed by atoms with Crippen molar-refractivity contribution in [2.45, 2.75) is 6.92 Å². The van der Waals surface area contributed by atoms with Gasteiger partial charge in [0.1, 0.15) is 16.4 Å². The molecule has 0 aliphatic rings. The Kier molecular flexibility index (Phi) is 7.42. The second kappa shape index (κ2) is 10.0. The van der Waals surface area contributed by atoms with Crippen LogP contribution in [0.15, 0.2) is 58.4 Å². The molecule has 0 aliphatic carbocycles. The number of carbonyl (C=O) groups excluding carboxylic acids is 2. The van der Waals surface area contributed by atoms with Crippen molar-refractivity contribution in [2.75, 3.05) is 11.9 Å². The molecule has 1 aromatic heterocycles. The predicted octanol–water partition coefficient (Wildman–Crippen LogP) is 6.80. The number of benzene rings is 2. The van der Waals surface area contributed by atoms with E-state index in [4.69, 9.17) is 16.3 Å². The van der Waals surface area contributed by atoms with Crippen LogP contribution in [0.1, 0.15) is 22.8 Å². The summed E-state index contributed by atoms with van der Waals surface area (Å²) in [6.45, 7) is 1.91. The molecule has 0 bridgehead atoms. The minimum absolute atomic E-state index is 0.113. The molecule has 8 heteroatoms. The quantitative estimate of drug-likeness (QED) is 0.294. The fourth-order valence-corrected chi connectivity index (χ4v) is 4.13. The third-order valence-corrected chi connectivity index (χ3v) is 5.82. The zero-order valence-electron chi connectivity index (χ0n) is 15.7. The molecule has 0 spiro atoms. The van der Waals surface area contributed by atoms with Gasteiger partial charge in [-0.3, -0.25) is 4.79 Å². The Hall–Kier alpha value is -2.48. The zero-order valence-corrected chi connectivity index (χ0v) is 18.9. The Morgan fingerprint density at radius 1 is 1.23 bits per heavy atom. The third kappa shape index (κ3) is 5.16. The van der Waals surface area contributed by atoms with Crippen LogP contribution in [0.4, 0.5) is 9.39 Å². The number of hydrogen-bond donors (Lipinski definition) is 1. The predicted molar refractivity (Wildman–Crippen MR) is 122 cm³/mol. The fourth-order valence-electron chi connectivity index (χ4n) is 2.68. The third-order valence-electron chi connectivity index (χ3n) is 4.06. The van der Waals surface area contributed by atoms with E-state index in [1.165, 1.54) is 35.6 Å². The van der Waals surface area contributed by atoms with Gasteiger partial charge in [0.2, 0.25) is 5.91 Å². The van der Waals surface area contributed by atoms with Crippen molar-refractivity contribution in [1.82, 2.24) is 0 Å². The number of anilines is 1. The summed E-state index contributed by atoms with van der Waals surface area (Å²) < 4.78 is 20.0. The molecule has 3 rings (SSSR count). The van der Waals surface area contributed by atoms with Gasteiger partial charge in [-0.1, -0.05) is 45.7 Å². The lowest BCUT2D eigenvalue weighted by Gasteiger charge is -2.08. The number of hydrogen-bond acceptors (Lipinski definition) is 4. The second-order valence-electron chi connectivity index (χ2n) is 6.04. The molecule has 0 saturated carbocycles. The van der Waals surface area contributed by atoms with Crippen molar-refractivity contribution in [3.8, 4) is 11.1 Å². The molecule has 4 nitrogen and oxygen atoms in total. The van der Waals surface area contributed by atoms with Crippen LogP contribution in [-0.4, -0.2) is 18.5 Å². The van der Waals surface area contributed by atoms with Crippen molar-refractivity contribution in [1.29, 1.82) is 0 Å². The van der Waals surface area contributed by atoms with Crippen molar-refractivity contribution < 1.29 is 18.7 Å². The summed E-state index contributed by atoms with van der Waals surface area (Å²) >= 11 is 10.6. The maximum atomic E-state index is 13.9. The van der Waals surface area contributed by atoms with Gasteiger partial charge in [-0.15, -0.1) is 11.3 Å². The molecule has 0 unspecified atom stereocenters.